The van der Waals surface area contributed by atoms with Crippen LogP contribution >= 0.6 is 24.6 Å². The molecule has 1 aromatic heterocycles. The van der Waals surface area contributed by atoms with Crippen molar-refractivity contribution in [2.75, 3.05) is 11.5 Å². The number of aliphatic carboxylic acids is 1. The molecule has 114 valence electrons. The fourth-order valence-electron chi connectivity index (χ4n) is 2.13. The molecule has 0 amide bonds. The van der Waals surface area contributed by atoms with Crippen molar-refractivity contribution < 1.29 is 9.90 Å². The number of hydrogen-bond acceptors (Lipinski definition) is 5. The van der Waals surface area contributed by atoms with Crippen molar-refractivity contribution in [1.29, 1.82) is 0 Å². The molecular weight excluding hydrogens is 306 g/mol. The van der Waals surface area contributed by atoms with Crippen molar-refractivity contribution in [3.05, 3.63) is 36.0 Å². The van der Waals surface area contributed by atoms with E-state index in [1.807, 2.05) is 24.4 Å². The van der Waals surface area contributed by atoms with Gasteiger partial charge in [0, 0.05) is 34.6 Å². The molecule has 0 aliphatic carbocycles. The Morgan fingerprint density at radius 1 is 1.48 bits per heavy atom. The number of thiol groups is 1. The van der Waals surface area contributed by atoms with Gasteiger partial charge in [0.25, 0.3) is 0 Å². The molecule has 1 atom stereocenters. The molecule has 0 saturated heterocycles. The summed E-state index contributed by atoms with van der Waals surface area (Å²) in [6, 6.07) is 8.17. The van der Waals surface area contributed by atoms with Gasteiger partial charge in [-0.2, -0.15) is 17.0 Å². The Labute approximate surface area is 133 Å². The molecule has 2 aromatic rings. The lowest BCUT2D eigenvalue weighted by atomic mass is 10.1. The molecule has 1 aromatic carbocycles. The van der Waals surface area contributed by atoms with Gasteiger partial charge in [-0.25, -0.2) is 0 Å². The first-order chi connectivity index (χ1) is 10.1. The summed E-state index contributed by atoms with van der Waals surface area (Å²) in [4.78, 5) is 13.8. The minimum Gasteiger partial charge on any atom is -0.481 e. The highest BCUT2D eigenvalue weighted by Gasteiger charge is 2.17. The minimum atomic E-state index is -0.810. The molecule has 7 heteroatoms. The first-order valence-corrected chi connectivity index (χ1v) is 8.23. The summed E-state index contributed by atoms with van der Waals surface area (Å²) in [5.41, 5.74) is 2.30. The molecule has 4 N–H and O–H groups in total. The quantitative estimate of drug-likeness (QED) is 0.259. The van der Waals surface area contributed by atoms with Crippen LogP contribution in [0, 0.1) is 0 Å². The van der Waals surface area contributed by atoms with E-state index >= 15 is 0 Å². The average molecular weight is 325 g/mol. The standard InChI is InChI=1S/C14H19N3O2S2/c15-17(21-6-5-14(18)19)11(9-20)7-10-8-16-13-4-2-1-3-12(10)13/h1-4,8,11,16,20H,5-7,9,15H2,(H,18,19)/t11-/m0/s1. The van der Waals surface area contributed by atoms with Crippen molar-refractivity contribution in [1.82, 2.24) is 9.40 Å². The summed E-state index contributed by atoms with van der Waals surface area (Å²) in [6.45, 7) is 0. The number of nitrogens with two attached hydrogens (primary N) is 1. The molecule has 2 rings (SSSR count). The summed E-state index contributed by atoms with van der Waals surface area (Å²) < 4.78 is 1.62. The second-order valence-corrected chi connectivity index (χ2v) is 6.19. The van der Waals surface area contributed by atoms with Gasteiger partial charge in [-0.1, -0.05) is 30.1 Å². The van der Waals surface area contributed by atoms with Gasteiger partial charge in [0.05, 0.1) is 6.42 Å². The van der Waals surface area contributed by atoms with Crippen LogP contribution < -0.4 is 5.84 Å². The van der Waals surface area contributed by atoms with Crippen molar-refractivity contribution >= 4 is 41.4 Å². The lowest BCUT2D eigenvalue weighted by Gasteiger charge is -2.24. The fraction of sp³-hybridized carbons (Fsp3) is 0.357. The number of nitrogens with one attached hydrogen (secondary N) is 1. The van der Waals surface area contributed by atoms with E-state index in [0.29, 0.717) is 11.5 Å². The Kier molecular flexibility index (Phi) is 5.98. The zero-order valence-corrected chi connectivity index (χ0v) is 13.2. The first-order valence-electron chi connectivity index (χ1n) is 6.66. The van der Waals surface area contributed by atoms with Crippen molar-refractivity contribution in [2.24, 2.45) is 5.84 Å². The molecule has 21 heavy (non-hydrogen) atoms. The molecule has 1 heterocycles. The van der Waals surface area contributed by atoms with Gasteiger partial charge in [-0.05, 0) is 18.1 Å². The number of rotatable bonds is 8. The smallest absolute Gasteiger partial charge is 0.304 e. The number of aromatic nitrogens is 1. The lowest BCUT2D eigenvalue weighted by Crippen LogP contribution is -2.38. The Bertz CT molecular complexity index is 603. The normalized spacial score (nSPS) is 12.9. The van der Waals surface area contributed by atoms with Crippen LogP contribution in [0.15, 0.2) is 30.5 Å². The van der Waals surface area contributed by atoms with Crippen LogP contribution in [0.2, 0.25) is 0 Å². The van der Waals surface area contributed by atoms with E-state index in [-0.39, 0.29) is 12.5 Å². The molecular formula is C14H19N3O2S2. The summed E-state index contributed by atoms with van der Waals surface area (Å²) in [5, 5.41) is 9.84. The Hall–Kier alpha value is -1.15. The van der Waals surface area contributed by atoms with Crippen molar-refractivity contribution in [2.45, 2.75) is 18.9 Å². The Morgan fingerprint density at radius 2 is 2.24 bits per heavy atom. The molecule has 0 spiro atoms. The third kappa shape index (κ3) is 4.41. The van der Waals surface area contributed by atoms with Gasteiger partial charge in [0.2, 0.25) is 0 Å². The highest BCUT2D eigenvalue weighted by atomic mass is 32.2. The Balaban J connectivity index is 1.99. The van der Waals surface area contributed by atoms with Gasteiger partial charge in [0.1, 0.15) is 0 Å². The zero-order valence-electron chi connectivity index (χ0n) is 11.5. The molecule has 0 fully saturated rings. The first kappa shape index (κ1) is 16.2. The van der Waals surface area contributed by atoms with Crippen LogP contribution in [-0.2, 0) is 11.2 Å². The fourth-order valence-corrected chi connectivity index (χ4v) is 3.39. The van der Waals surface area contributed by atoms with E-state index < -0.39 is 5.97 Å². The molecule has 0 radical (unpaired) electrons. The topological polar surface area (TPSA) is 82.3 Å². The van der Waals surface area contributed by atoms with Crippen LogP contribution in [0.3, 0.4) is 0 Å². The lowest BCUT2D eigenvalue weighted by molar-refractivity contribution is -0.136. The minimum absolute atomic E-state index is 0.0475. The maximum absolute atomic E-state index is 10.5. The molecule has 0 unspecified atom stereocenters. The third-order valence-electron chi connectivity index (χ3n) is 3.26. The highest BCUT2D eigenvalue weighted by molar-refractivity contribution is 7.97. The summed E-state index contributed by atoms with van der Waals surface area (Å²) in [7, 11) is 0. The number of para-hydroxylation sites is 1. The number of carbonyl (C=O) groups is 1. The van der Waals surface area contributed by atoms with E-state index in [1.165, 1.54) is 22.9 Å². The van der Waals surface area contributed by atoms with Crippen LogP contribution in [0.25, 0.3) is 10.9 Å². The van der Waals surface area contributed by atoms with Gasteiger partial charge in [-0.15, -0.1) is 0 Å². The number of hydrazine groups is 1. The summed E-state index contributed by atoms with van der Waals surface area (Å²) in [6.07, 6.45) is 2.87. The predicted molar refractivity (Wildman–Crippen MR) is 90.4 cm³/mol. The number of carboxylic acid groups (broad SMARTS) is 1. The molecule has 0 aliphatic heterocycles. The second kappa shape index (κ2) is 7.74. The van der Waals surface area contributed by atoms with Gasteiger partial charge in [-0.3, -0.25) is 10.6 Å². The maximum atomic E-state index is 10.5. The van der Waals surface area contributed by atoms with E-state index in [2.05, 4.69) is 23.7 Å². The predicted octanol–water partition coefficient (Wildman–Crippen LogP) is 2.31. The molecule has 0 bridgehead atoms. The molecule has 0 saturated carbocycles. The Morgan fingerprint density at radius 3 is 2.95 bits per heavy atom. The van der Waals surface area contributed by atoms with Gasteiger partial charge in [0.15, 0.2) is 0 Å². The highest BCUT2D eigenvalue weighted by Crippen LogP contribution is 2.22. The van der Waals surface area contributed by atoms with E-state index in [0.717, 1.165) is 11.9 Å². The number of aromatic amines is 1. The number of nitrogens with zero attached hydrogens (tertiary/aromatic N) is 1. The number of fused-ring (bicyclic) bond motifs is 1. The number of hydrogen-bond donors (Lipinski definition) is 4. The second-order valence-electron chi connectivity index (χ2n) is 4.74. The van der Waals surface area contributed by atoms with E-state index in [4.69, 9.17) is 10.9 Å². The third-order valence-corrected chi connectivity index (χ3v) is 4.66. The van der Waals surface area contributed by atoms with Crippen LogP contribution in [0.1, 0.15) is 12.0 Å². The van der Waals surface area contributed by atoms with E-state index in [9.17, 15) is 4.79 Å². The maximum Gasteiger partial charge on any atom is 0.304 e. The summed E-state index contributed by atoms with van der Waals surface area (Å²) in [5.74, 6) is 6.28. The number of benzene rings is 1. The zero-order chi connectivity index (χ0) is 15.2. The van der Waals surface area contributed by atoms with Crippen molar-refractivity contribution in [3.63, 3.8) is 0 Å². The van der Waals surface area contributed by atoms with Gasteiger partial charge >= 0.3 is 5.97 Å². The monoisotopic (exact) mass is 325 g/mol. The molecule has 5 nitrogen and oxygen atoms in total. The average Bonchev–Trinajstić information content (AvgIpc) is 2.87. The van der Waals surface area contributed by atoms with Crippen molar-refractivity contribution in [3.8, 4) is 0 Å². The molecule has 0 aliphatic rings. The van der Waals surface area contributed by atoms with Crippen LogP contribution in [0.5, 0.6) is 0 Å². The van der Waals surface area contributed by atoms with Crippen LogP contribution in [0.4, 0.5) is 0 Å². The largest absolute Gasteiger partial charge is 0.481 e. The number of carboxylic acids is 1. The van der Waals surface area contributed by atoms with Crippen LogP contribution in [-0.4, -0.2) is 38.0 Å². The summed E-state index contributed by atoms with van der Waals surface area (Å²) >= 11 is 5.70. The number of H-pyrrole nitrogens is 1. The van der Waals surface area contributed by atoms with Gasteiger partial charge < -0.3 is 10.1 Å². The van der Waals surface area contributed by atoms with E-state index in [1.54, 1.807) is 4.41 Å². The SMILES string of the molecule is NN(SCCC(=O)O)[C@H](CS)Cc1c[nH]c2ccccc12.